The highest BCUT2D eigenvalue weighted by molar-refractivity contribution is 7.79. The third-order valence-corrected chi connectivity index (χ3v) is 3.03. The fourth-order valence-corrected chi connectivity index (χ4v) is 2.16. The van der Waals surface area contributed by atoms with Gasteiger partial charge >= 0.3 is 0 Å². The highest BCUT2D eigenvalue weighted by atomic mass is 32.2. The SMILES string of the molecule is [N-]=[N+]=NCCC1(CS(=O)[O-])CC1. The smallest absolute Gasteiger partial charge is 0.0263 e. The molecule has 5 nitrogen and oxygen atoms in total. The summed E-state index contributed by atoms with van der Waals surface area (Å²) >= 11 is -1.96. The summed E-state index contributed by atoms with van der Waals surface area (Å²) in [6.07, 6.45) is 2.59. The lowest BCUT2D eigenvalue weighted by Gasteiger charge is -2.14. The van der Waals surface area contributed by atoms with Crippen molar-refractivity contribution in [2.45, 2.75) is 19.3 Å². The van der Waals surface area contributed by atoms with Crippen molar-refractivity contribution in [3.63, 3.8) is 0 Å². The van der Waals surface area contributed by atoms with Crippen LogP contribution in [0.3, 0.4) is 0 Å². The minimum atomic E-state index is -1.96. The lowest BCUT2D eigenvalue weighted by atomic mass is 10.1. The Hall–Kier alpha value is -0.580. The molecule has 68 valence electrons. The molecule has 0 aromatic carbocycles. The second kappa shape index (κ2) is 3.89. The first-order valence-electron chi connectivity index (χ1n) is 3.75. The van der Waals surface area contributed by atoms with Crippen molar-refractivity contribution < 1.29 is 8.76 Å². The van der Waals surface area contributed by atoms with Gasteiger partial charge in [-0.25, -0.2) is 0 Å². The van der Waals surface area contributed by atoms with Crippen molar-refractivity contribution in [1.29, 1.82) is 0 Å². The van der Waals surface area contributed by atoms with Gasteiger partial charge in [0.1, 0.15) is 0 Å². The molecule has 6 heteroatoms. The standard InChI is InChI=1S/C6H11N3O2S/c7-9-8-4-3-6(1-2-6)5-12(10)11/h1-5H2,(H,10,11)/p-1. The molecule has 1 aliphatic rings. The van der Waals surface area contributed by atoms with E-state index in [1.807, 2.05) is 0 Å². The zero-order valence-corrected chi connectivity index (χ0v) is 7.42. The summed E-state index contributed by atoms with van der Waals surface area (Å²) in [5, 5.41) is 3.38. The molecule has 0 bridgehead atoms. The van der Waals surface area contributed by atoms with Crippen LogP contribution < -0.4 is 0 Å². The van der Waals surface area contributed by atoms with Crippen molar-refractivity contribution in [1.82, 2.24) is 0 Å². The second-order valence-electron chi connectivity index (χ2n) is 3.15. The third kappa shape index (κ3) is 2.81. The van der Waals surface area contributed by atoms with Gasteiger partial charge in [-0.2, -0.15) is 0 Å². The van der Waals surface area contributed by atoms with Gasteiger partial charge in [0.2, 0.25) is 0 Å². The topological polar surface area (TPSA) is 88.9 Å². The Balaban J connectivity index is 2.29. The van der Waals surface area contributed by atoms with E-state index in [0.29, 0.717) is 13.0 Å². The van der Waals surface area contributed by atoms with Crippen LogP contribution in [0.1, 0.15) is 19.3 Å². The van der Waals surface area contributed by atoms with Gasteiger partial charge in [0, 0.05) is 17.2 Å². The fraction of sp³-hybridized carbons (Fsp3) is 1.00. The van der Waals surface area contributed by atoms with E-state index in [1.165, 1.54) is 0 Å². The molecule has 1 aliphatic carbocycles. The first-order valence-corrected chi connectivity index (χ1v) is 5.00. The lowest BCUT2D eigenvalue weighted by Crippen LogP contribution is -2.12. The molecule has 1 rings (SSSR count). The molecule has 1 fully saturated rings. The summed E-state index contributed by atoms with van der Waals surface area (Å²) < 4.78 is 20.8. The Kier molecular flexibility index (Phi) is 3.08. The number of hydrogen-bond donors (Lipinski definition) is 0. The van der Waals surface area contributed by atoms with E-state index < -0.39 is 11.1 Å². The average molecular weight is 188 g/mol. The zero-order valence-electron chi connectivity index (χ0n) is 6.60. The maximum Gasteiger partial charge on any atom is 0.0263 e. The van der Waals surface area contributed by atoms with E-state index in [2.05, 4.69) is 10.0 Å². The van der Waals surface area contributed by atoms with Crippen LogP contribution in [-0.4, -0.2) is 21.1 Å². The molecular weight excluding hydrogens is 178 g/mol. The highest BCUT2D eigenvalue weighted by Crippen LogP contribution is 2.49. The molecule has 12 heavy (non-hydrogen) atoms. The predicted molar refractivity (Wildman–Crippen MR) is 44.1 cm³/mol. The van der Waals surface area contributed by atoms with Crippen LogP contribution >= 0.6 is 0 Å². The van der Waals surface area contributed by atoms with Crippen molar-refractivity contribution in [2.24, 2.45) is 10.5 Å². The normalized spacial score (nSPS) is 21.1. The van der Waals surface area contributed by atoms with Gasteiger partial charge in [-0.15, -0.1) is 0 Å². The maximum atomic E-state index is 10.4. The van der Waals surface area contributed by atoms with E-state index in [1.54, 1.807) is 0 Å². The molecule has 0 aliphatic heterocycles. The van der Waals surface area contributed by atoms with Crippen LogP contribution in [0.4, 0.5) is 0 Å². The van der Waals surface area contributed by atoms with Crippen LogP contribution in [0.5, 0.6) is 0 Å². The van der Waals surface area contributed by atoms with Gasteiger partial charge in [-0.3, -0.25) is 4.21 Å². The number of azide groups is 1. The lowest BCUT2D eigenvalue weighted by molar-refractivity contribution is 0.486. The van der Waals surface area contributed by atoms with E-state index in [-0.39, 0.29) is 11.2 Å². The van der Waals surface area contributed by atoms with E-state index in [0.717, 1.165) is 12.8 Å². The Morgan fingerprint density at radius 1 is 1.67 bits per heavy atom. The van der Waals surface area contributed by atoms with Crippen molar-refractivity contribution in [3.05, 3.63) is 10.4 Å². The monoisotopic (exact) mass is 188 g/mol. The third-order valence-electron chi connectivity index (χ3n) is 2.19. The first-order chi connectivity index (χ1) is 5.68. The molecule has 0 radical (unpaired) electrons. The minimum absolute atomic E-state index is 0.0548. The molecule has 0 aromatic heterocycles. The molecule has 0 N–H and O–H groups in total. The van der Waals surface area contributed by atoms with Crippen LogP contribution in [0.15, 0.2) is 5.11 Å². The van der Waals surface area contributed by atoms with Crippen molar-refractivity contribution >= 4 is 11.1 Å². The summed E-state index contributed by atoms with van der Waals surface area (Å²) in [4.78, 5) is 2.62. The Morgan fingerprint density at radius 3 is 2.75 bits per heavy atom. The molecule has 0 spiro atoms. The molecule has 0 amide bonds. The Morgan fingerprint density at radius 2 is 2.33 bits per heavy atom. The fourth-order valence-electron chi connectivity index (χ4n) is 1.23. The zero-order chi connectivity index (χ0) is 9.03. The molecule has 1 atom stereocenters. The first kappa shape index (κ1) is 9.51. The quantitative estimate of drug-likeness (QED) is 0.282. The Bertz CT molecular complexity index is 233. The van der Waals surface area contributed by atoms with E-state index in [4.69, 9.17) is 5.53 Å². The molecule has 1 saturated carbocycles. The van der Waals surface area contributed by atoms with Crippen LogP contribution in [-0.2, 0) is 11.1 Å². The van der Waals surface area contributed by atoms with Gasteiger partial charge in [0.05, 0.1) is 0 Å². The summed E-state index contributed by atoms with van der Waals surface area (Å²) in [5.41, 5.74) is 7.95. The highest BCUT2D eigenvalue weighted by Gasteiger charge is 2.41. The largest absolute Gasteiger partial charge is 0.772 e. The van der Waals surface area contributed by atoms with Crippen LogP contribution in [0.25, 0.3) is 10.4 Å². The van der Waals surface area contributed by atoms with Crippen molar-refractivity contribution in [2.75, 3.05) is 12.3 Å². The minimum Gasteiger partial charge on any atom is -0.772 e. The Labute approximate surface area is 73.1 Å². The van der Waals surface area contributed by atoms with Gasteiger partial charge in [-0.1, -0.05) is 16.2 Å². The van der Waals surface area contributed by atoms with Crippen molar-refractivity contribution in [3.8, 4) is 0 Å². The van der Waals surface area contributed by atoms with Gasteiger partial charge in [-0.05, 0) is 30.2 Å². The second-order valence-corrected chi connectivity index (χ2v) is 4.05. The number of rotatable bonds is 5. The van der Waals surface area contributed by atoms with E-state index >= 15 is 0 Å². The molecule has 1 unspecified atom stereocenters. The number of nitrogens with zero attached hydrogens (tertiary/aromatic N) is 3. The summed E-state index contributed by atoms with van der Waals surface area (Å²) in [7, 11) is 0. The van der Waals surface area contributed by atoms with Gasteiger partial charge in [0.15, 0.2) is 0 Å². The predicted octanol–water partition coefficient (Wildman–Crippen LogP) is 1.35. The number of hydrogen-bond acceptors (Lipinski definition) is 3. The van der Waals surface area contributed by atoms with Gasteiger partial charge in [0.25, 0.3) is 0 Å². The molecule has 0 aromatic rings. The maximum absolute atomic E-state index is 10.4. The van der Waals surface area contributed by atoms with Crippen LogP contribution in [0, 0.1) is 5.41 Å². The molecule has 0 saturated heterocycles. The van der Waals surface area contributed by atoms with Crippen LogP contribution in [0.2, 0.25) is 0 Å². The molecule has 0 heterocycles. The summed E-state index contributed by atoms with van der Waals surface area (Å²) in [6.45, 7) is 0.410. The van der Waals surface area contributed by atoms with Gasteiger partial charge < -0.3 is 4.55 Å². The average Bonchev–Trinajstić information content (AvgIpc) is 2.69. The molecular formula is C6H10N3O2S-. The summed E-state index contributed by atoms with van der Waals surface area (Å²) in [6, 6.07) is 0. The summed E-state index contributed by atoms with van der Waals surface area (Å²) in [5.74, 6) is 0.216. The van der Waals surface area contributed by atoms with E-state index in [9.17, 15) is 8.76 Å².